The van der Waals surface area contributed by atoms with Gasteiger partial charge in [0, 0.05) is 35.4 Å². The number of aromatic nitrogens is 6. The third-order valence-electron chi connectivity index (χ3n) is 4.26. The van der Waals surface area contributed by atoms with Gasteiger partial charge in [-0.2, -0.15) is 0 Å². The quantitative estimate of drug-likeness (QED) is 0.576. The fraction of sp³-hybridized carbons (Fsp3) is 0.294. The van der Waals surface area contributed by atoms with E-state index in [9.17, 15) is 0 Å². The highest BCUT2D eigenvalue weighted by Crippen LogP contribution is 2.25. The second kappa shape index (κ2) is 6.48. The van der Waals surface area contributed by atoms with Crippen molar-refractivity contribution in [1.29, 1.82) is 0 Å². The number of nitrogens with two attached hydrogens (primary N) is 1. The predicted octanol–water partition coefficient (Wildman–Crippen LogP) is 1.56. The number of nitrogen functional groups attached to an aromatic ring is 1. The molecule has 1 saturated heterocycles. The fourth-order valence-electron chi connectivity index (χ4n) is 2.66. The van der Waals surface area contributed by atoms with Crippen LogP contribution >= 0.6 is 0 Å². The first-order valence-electron chi connectivity index (χ1n) is 8.39. The summed E-state index contributed by atoms with van der Waals surface area (Å²) in [5, 5.41) is 7.26. The summed E-state index contributed by atoms with van der Waals surface area (Å²) in [5.41, 5.74) is 9.63. The van der Waals surface area contributed by atoms with Crippen molar-refractivity contribution in [1.82, 2.24) is 34.3 Å². The predicted molar refractivity (Wildman–Crippen MR) is 96.2 cm³/mol. The average molecular weight is 336 g/mol. The molecule has 0 bridgehead atoms. The van der Waals surface area contributed by atoms with Crippen molar-refractivity contribution >= 4 is 17.2 Å². The molecule has 25 heavy (non-hydrogen) atoms. The van der Waals surface area contributed by atoms with Gasteiger partial charge in [0.1, 0.15) is 0 Å². The Labute approximate surface area is 144 Å². The van der Waals surface area contributed by atoms with Gasteiger partial charge >= 0.3 is 0 Å². The molecule has 1 aliphatic heterocycles. The fourth-order valence-corrected chi connectivity index (χ4v) is 2.66. The lowest BCUT2D eigenvalue weighted by Crippen LogP contribution is -2.29. The lowest BCUT2D eigenvalue weighted by atomic mass is 10.1. The summed E-state index contributed by atoms with van der Waals surface area (Å²) in [6.07, 6.45) is 11.6. The molecule has 5 rings (SSSR count). The monoisotopic (exact) mass is 336 g/mol. The smallest absolute Gasteiger partial charge is 0.238 e. The van der Waals surface area contributed by atoms with Crippen LogP contribution in [-0.4, -0.2) is 42.1 Å². The van der Waals surface area contributed by atoms with E-state index in [0.29, 0.717) is 5.78 Å². The van der Waals surface area contributed by atoms with Crippen LogP contribution in [-0.2, 0) is 6.42 Å². The normalized spacial score (nSPS) is 13.5. The van der Waals surface area contributed by atoms with Gasteiger partial charge in [-0.1, -0.05) is 6.92 Å². The largest absolute Gasteiger partial charge is 0.367 e. The summed E-state index contributed by atoms with van der Waals surface area (Å²) >= 11 is 0. The second-order valence-corrected chi connectivity index (χ2v) is 5.89. The number of hydrogen-bond acceptors (Lipinski definition) is 6. The third kappa shape index (κ3) is 2.91. The zero-order valence-corrected chi connectivity index (χ0v) is 14.1. The Kier molecular flexibility index (Phi) is 4.02. The van der Waals surface area contributed by atoms with Crippen LogP contribution < -0.4 is 11.1 Å². The van der Waals surface area contributed by atoms with Gasteiger partial charge < -0.3 is 11.1 Å². The van der Waals surface area contributed by atoms with Gasteiger partial charge in [0.2, 0.25) is 11.7 Å². The number of imidazole rings is 1. The van der Waals surface area contributed by atoms with Crippen molar-refractivity contribution in [2.45, 2.75) is 19.8 Å². The molecular weight excluding hydrogens is 316 g/mol. The Morgan fingerprint density at radius 2 is 1.92 bits per heavy atom. The van der Waals surface area contributed by atoms with Crippen LogP contribution in [0.5, 0.6) is 0 Å². The molecule has 0 spiro atoms. The number of anilines is 1. The lowest BCUT2D eigenvalue weighted by molar-refractivity contribution is 0.527. The number of nitrogens with one attached hydrogen (secondary N) is 1. The van der Waals surface area contributed by atoms with E-state index in [4.69, 9.17) is 5.73 Å². The van der Waals surface area contributed by atoms with E-state index in [1.807, 2.05) is 35.3 Å². The second-order valence-electron chi connectivity index (χ2n) is 5.89. The minimum absolute atomic E-state index is 0.251. The maximum atomic E-state index is 5.60. The van der Waals surface area contributed by atoms with Crippen LogP contribution in [0.3, 0.4) is 0 Å². The molecule has 0 aliphatic carbocycles. The van der Waals surface area contributed by atoms with Crippen molar-refractivity contribution < 1.29 is 0 Å². The van der Waals surface area contributed by atoms with Crippen LogP contribution in [0.15, 0.2) is 37.1 Å². The molecule has 1 aliphatic rings. The molecule has 0 amide bonds. The Morgan fingerprint density at radius 3 is 2.64 bits per heavy atom. The molecule has 8 heteroatoms. The van der Waals surface area contributed by atoms with E-state index in [0.717, 1.165) is 28.8 Å². The van der Waals surface area contributed by atoms with Crippen LogP contribution in [0.25, 0.3) is 22.4 Å². The summed E-state index contributed by atoms with van der Waals surface area (Å²) < 4.78 is 3.73. The Morgan fingerprint density at radius 1 is 1.16 bits per heavy atom. The minimum atomic E-state index is 0.251. The van der Waals surface area contributed by atoms with Crippen LogP contribution in [0.4, 0.5) is 5.95 Å². The van der Waals surface area contributed by atoms with E-state index in [1.165, 1.54) is 19.5 Å². The van der Waals surface area contributed by atoms with E-state index in [1.54, 1.807) is 10.7 Å². The van der Waals surface area contributed by atoms with Crippen molar-refractivity contribution in [3.8, 4) is 11.1 Å². The molecule has 0 radical (unpaired) electrons. The van der Waals surface area contributed by atoms with Crippen molar-refractivity contribution in [2.24, 2.45) is 0 Å². The SMILES string of the molecule is C1CNC1.CCc1cnc2ncc(-c3ccn4nc(N)ncc34)cn12. The highest BCUT2D eigenvalue weighted by molar-refractivity contribution is 5.79. The summed E-state index contributed by atoms with van der Waals surface area (Å²) in [6.45, 7) is 4.60. The molecule has 0 saturated carbocycles. The first-order valence-corrected chi connectivity index (χ1v) is 8.39. The first-order chi connectivity index (χ1) is 12.3. The highest BCUT2D eigenvalue weighted by atomic mass is 15.3. The molecule has 4 aromatic heterocycles. The summed E-state index contributed by atoms with van der Waals surface area (Å²) in [6, 6.07) is 1.98. The Balaban J connectivity index is 0.000000347. The third-order valence-corrected chi connectivity index (χ3v) is 4.26. The van der Waals surface area contributed by atoms with Gasteiger partial charge in [0.25, 0.3) is 0 Å². The molecule has 5 heterocycles. The van der Waals surface area contributed by atoms with Crippen molar-refractivity contribution in [2.75, 3.05) is 18.8 Å². The highest BCUT2D eigenvalue weighted by Gasteiger charge is 2.10. The number of rotatable bonds is 2. The molecule has 0 unspecified atom stereocenters. The topological polar surface area (TPSA) is 98.4 Å². The van der Waals surface area contributed by atoms with E-state index in [-0.39, 0.29) is 5.95 Å². The lowest BCUT2D eigenvalue weighted by Gasteiger charge is -2.09. The molecule has 0 atom stereocenters. The average Bonchev–Trinajstić information content (AvgIpc) is 3.15. The Bertz CT molecular complexity index is 1010. The van der Waals surface area contributed by atoms with Gasteiger partial charge in [-0.15, -0.1) is 5.10 Å². The number of nitrogens with zero attached hydrogens (tertiary/aromatic N) is 6. The minimum Gasteiger partial charge on any atom is -0.367 e. The van der Waals surface area contributed by atoms with E-state index in [2.05, 4.69) is 32.3 Å². The van der Waals surface area contributed by atoms with Crippen LogP contribution in [0.2, 0.25) is 0 Å². The molecule has 128 valence electrons. The number of hydrogen-bond donors (Lipinski definition) is 2. The maximum Gasteiger partial charge on any atom is 0.238 e. The van der Waals surface area contributed by atoms with Gasteiger partial charge in [0.05, 0.1) is 17.9 Å². The standard InChI is InChI=1S/C14H13N7.C3H7N/c1-2-10-6-18-14-17-5-9(8-20(10)14)11-3-4-21-12(11)7-16-13(15)19-21;1-2-4-3-1/h3-8H,2H2,1H3,(H2,15,19);4H,1-3H2. The van der Waals surface area contributed by atoms with Gasteiger partial charge in [-0.25, -0.2) is 19.5 Å². The molecule has 0 aromatic carbocycles. The summed E-state index contributed by atoms with van der Waals surface area (Å²) in [7, 11) is 0. The van der Waals surface area contributed by atoms with E-state index >= 15 is 0 Å². The van der Waals surface area contributed by atoms with Crippen LogP contribution in [0, 0.1) is 0 Å². The molecule has 4 aromatic rings. The molecule has 1 fully saturated rings. The number of fused-ring (bicyclic) bond motifs is 2. The van der Waals surface area contributed by atoms with Gasteiger partial charge in [-0.05, 0) is 32.0 Å². The summed E-state index contributed by atoms with van der Waals surface area (Å²) in [4.78, 5) is 12.8. The first kappa shape index (κ1) is 15.5. The van der Waals surface area contributed by atoms with Crippen LogP contribution in [0.1, 0.15) is 19.0 Å². The van der Waals surface area contributed by atoms with Crippen molar-refractivity contribution in [3.05, 3.63) is 42.7 Å². The zero-order valence-electron chi connectivity index (χ0n) is 14.1. The van der Waals surface area contributed by atoms with Gasteiger partial charge in [0.15, 0.2) is 0 Å². The number of aryl methyl sites for hydroxylation is 1. The van der Waals surface area contributed by atoms with Crippen molar-refractivity contribution in [3.63, 3.8) is 0 Å². The zero-order chi connectivity index (χ0) is 17.2. The molecular formula is C17H20N8. The molecule has 3 N–H and O–H groups in total. The summed E-state index contributed by atoms with van der Waals surface area (Å²) in [5.74, 6) is 0.959. The molecule has 8 nitrogen and oxygen atoms in total. The van der Waals surface area contributed by atoms with E-state index < -0.39 is 0 Å². The van der Waals surface area contributed by atoms with Gasteiger partial charge in [-0.3, -0.25) is 4.40 Å². The maximum absolute atomic E-state index is 5.60. The Hall–Kier alpha value is -3.00.